The van der Waals surface area contributed by atoms with E-state index < -0.39 is 0 Å². The number of aromatic nitrogens is 1. The lowest BCUT2D eigenvalue weighted by Crippen LogP contribution is -2.51. The van der Waals surface area contributed by atoms with Gasteiger partial charge in [0, 0.05) is 61.0 Å². The highest BCUT2D eigenvalue weighted by molar-refractivity contribution is 7.98. The number of fused-ring (bicyclic) bond motifs is 4. The summed E-state index contributed by atoms with van der Waals surface area (Å²) in [4.78, 5) is 17.2. The van der Waals surface area contributed by atoms with Gasteiger partial charge in [-0.1, -0.05) is 12.1 Å². The average Bonchev–Trinajstić information content (AvgIpc) is 2.75. The molecule has 28 heavy (non-hydrogen) atoms. The Labute approximate surface area is 170 Å². The number of rotatable bonds is 3. The Morgan fingerprint density at radius 2 is 1.79 bits per heavy atom. The SMILES string of the molecule is CSc1ccc(-c2ccc3n(c2=O)C[C@H]2C[C@@H]3CN(C3CCOCC3)C2)cc1. The van der Waals surface area contributed by atoms with E-state index in [1.165, 1.54) is 17.0 Å². The smallest absolute Gasteiger partial charge is 0.258 e. The van der Waals surface area contributed by atoms with E-state index in [1.54, 1.807) is 11.8 Å². The largest absolute Gasteiger partial charge is 0.381 e. The Hall–Kier alpha value is -1.56. The van der Waals surface area contributed by atoms with Crippen molar-refractivity contribution in [3.63, 3.8) is 0 Å². The first kappa shape index (κ1) is 18.5. The first-order valence-electron chi connectivity index (χ1n) is 10.4. The Bertz CT molecular complexity index is 902. The molecule has 2 saturated heterocycles. The minimum Gasteiger partial charge on any atom is -0.381 e. The molecule has 2 atom stereocenters. The number of ether oxygens (including phenoxy) is 1. The van der Waals surface area contributed by atoms with Crippen molar-refractivity contribution in [3.05, 3.63) is 52.4 Å². The molecular weight excluding hydrogens is 368 g/mol. The van der Waals surface area contributed by atoms with E-state index >= 15 is 0 Å². The van der Waals surface area contributed by atoms with Crippen LogP contribution in [0.1, 0.15) is 30.9 Å². The minimum absolute atomic E-state index is 0.184. The number of thioether (sulfide) groups is 1. The zero-order valence-electron chi connectivity index (χ0n) is 16.5. The van der Waals surface area contributed by atoms with Crippen LogP contribution in [0.4, 0.5) is 0 Å². The van der Waals surface area contributed by atoms with Crippen LogP contribution in [-0.2, 0) is 11.3 Å². The average molecular weight is 397 g/mol. The van der Waals surface area contributed by atoms with E-state index in [4.69, 9.17) is 4.74 Å². The van der Waals surface area contributed by atoms with E-state index in [0.29, 0.717) is 17.9 Å². The second-order valence-corrected chi connectivity index (χ2v) is 9.29. The van der Waals surface area contributed by atoms with Gasteiger partial charge in [0.15, 0.2) is 0 Å². The van der Waals surface area contributed by atoms with Crippen molar-refractivity contribution in [2.45, 2.75) is 42.7 Å². The molecule has 148 valence electrons. The number of hydrogen-bond donors (Lipinski definition) is 0. The Morgan fingerprint density at radius 3 is 2.54 bits per heavy atom. The van der Waals surface area contributed by atoms with Gasteiger partial charge >= 0.3 is 0 Å². The van der Waals surface area contributed by atoms with Gasteiger partial charge in [-0.05, 0) is 61.3 Å². The molecule has 4 nitrogen and oxygen atoms in total. The maximum atomic E-state index is 13.3. The summed E-state index contributed by atoms with van der Waals surface area (Å²) in [5, 5.41) is 0. The van der Waals surface area contributed by atoms with Crippen LogP contribution in [0, 0.1) is 5.92 Å². The van der Waals surface area contributed by atoms with Crippen LogP contribution in [0.3, 0.4) is 0 Å². The molecular formula is C23H28N2O2S. The van der Waals surface area contributed by atoms with Gasteiger partial charge in [0.25, 0.3) is 5.56 Å². The lowest BCUT2D eigenvalue weighted by Gasteiger charge is -2.46. The van der Waals surface area contributed by atoms with Crippen molar-refractivity contribution in [1.82, 2.24) is 9.47 Å². The maximum absolute atomic E-state index is 13.3. The molecule has 4 heterocycles. The Balaban J connectivity index is 1.44. The molecule has 2 aromatic rings. The summed E-state index contributed by atoms with van der Waals surface area (Å²) in [5.74, 6) is 1.07. The van der Waals surface area contributed by atoms with Gasteiger partial charge in [-0.3, -0.25) is 9.69 Å². The van der Waals surface area contributed by atoms with Gasteiger partial charge in [0.1, 0.15) is 0 Å². The monoisotopic (exact) mass is 396 g/mol. The van der Waals surface area contributed by atoms with Crippen molar-refractivity contribution in [2.75, 3.05) is 32.6 Å². The summed E-state index contributed by atoms with van der Waals surface area (Å²) in [5.41, 5.74) is 3.28. The molecule has 1 aromatic carbocycles. The number of hydrogen-bond acceptors (Lipinski definition) is 4. The molecule has 2 fully saturated rings. The van der Waals surface area contributed by atoms with Crippen LogP contribution in [0.5, 0.6) is 0 Å². The molecule has 0 aliphatic carbocycles. The standard InChI is InChI=1S/C23H28N2O2S/c1-28-20-4-2-17(3-5-20)21-6-7-22-18-12-16(14-25(22)23(21)26)13-24(15-18)19-8-10-27-11-9-19/h2-7,16,18-19H,8-15H2,1H3/t16-,18+/m0/s1. The highest BCUT2D eigenvalue weighted by Crippen LogP contribution is 2.37. The van der Waals surface area contributed by atoms with Crippen molar-refractivity contribution < 1.29 is 4.74 Å². The summed E-state index contributed by atoms with van der Waals surface area (Å²) in [7, 11) is 0. The fraction of sp³-hybridized carbons (Fsp3) is 0.522. The fourth-order valence-corrected chi connectivity index (χ4v) is 5.73. The van der Waals surface area contributed by atoms with Gasteiger partial charge in [0.2, 0.25) is 0 Å². The topological polar surface area (TPSA) is 34.5 Å². The normalized spacial score (nSPS) is 25.5. The molecule has 0 radical (unpaired) electrons. The van der Waals surface area contributed by atoms with Crippen LogP contribution in [0.25, 0.3) is 11.1 Å². The van der Waals surface area contributed by atoms with Crippen molar-refractivity contribution in [3.8, 4) is 11.1 Å². The quantitative estimate of drug-likeness (QED) is 0.739. The van der Waals surface area contributed by atoms with E-state index in [-0.39, 0.29) is 5.56 Å². The summed E-state index contributed by atoms with van der Waals surface area (Å²) in [6, 6.07) is 13.3. The number of likely N-dealkylation sites (tertiary alicyclic amines) is 1. The van der Waals surface area contributed by atoms with E-state index in [1.807, 2.05) is 0 Å². The van der Waals surface area contributed by atoms with Crippen LogP contribution in [-0.4, -0.2) is 48.1 Å². The zero-order chi connectivity index (χ0) is 19.1. The van der Waals surface area contributed by atoms with Crippen LogP contribution >= 0.6 is 11.8 Å². The maximum Gasteiger partial charge on any atom is 0.258 e. The van der Waals surface area contributed by atoms with Crippen LogP contribution < -0.4 is 5.56 Å². The number of piperidine rings is 1. The summed E-state index contributed by atoms with van der Waals surface area (Å²) >= 11 is 1.73. The second kappa shape index (κ2) is 7.69. The highest BCUT2D eigenvalue weighted by atomic mass is 32.2. The Morgan fingerprint density at radius 1 is 1.00 bits per heavy atom. The molecule has 0 spiro atoms. The highest BCUT2D eigenvalue weighted by Gasteiger charge is 2.37. The summed E-state index contributed by atoms with van der Waals surface area (Å²) in [6.07, 6.45) is 5.60. The Kier molecular flexibility index (Phi) is 5.07. The third kappa shape index (κ3) is 3.34. The molecule has 3 aliphatic heterocycles. The van der Waals surface area contributed by atoms with E-state index in [9.17, 15) is 4.79 Å². The van der Waals surface area contributed by atoms with Crippen LogP contribution in [0.15, 0.2) is 46.1 Å². The molecule has 5 rings (SSSR count). The predicted octanol–water partition coefficient (Wildman–Crippen LogP) is 3.84. The molecule has 0 saturated carbocycles. The molecule has 1 aromatic heterocycles. The minimum atomic E-state index is 0.184. The van der Waals surface area contributed by atoms with Crippen molar-refractivity contribution >= 4 is 11.8 Å². The predicted molar refractivity (Wildman–Crippen MR) is 114 cm³/mol. The number of nitrogens with zero attached hydrogens (tertiary/aromatic N) is 2. The molecule has 5 heteroatoms. The fourth-order valence-electron chi connectivity index (χ4n) is 5.32. The van der Waals surface area contributed by atoms with Crippen LogP contribution in [0.2, 0.25) is 0 Å². The third-order valence-electron chi connectivity index (χ3n) is 6.74. The van der Waals surface area contributed by atoms with Crippen molar-refractivity contribution in [1.29, 1.82) is 0 Å². The number of benzene rings is 1. The van der Waals surface area contributed by atoms with Crippen molar-refractivity contribution in [2.24, 2.45) is 5.92 Å². The first-order chi connectivity index (χ1) is 13.7. The molecule has 0 amide bonds. The first-order valence-corrected chi connectivity index (χ1v) is 11.7. The van der Waals surface area contributed by atoms with Gasteiger partial charge < -0.3 is 9.30 Å². The van der Waals surface area contributed by atoms with Gasteiger partial charge in [-0.15, -0.1) is 11.8 Å². The molecule has 2 bridgehead atoms. The van der Waals surface area contributed by atoms with Gasteiger partial charge in [0.05, 0.1) is 0 Å². The molecule has 0 N–H and O–H groups in total. The lowest BCUT2D eigenvalue weighted by atomic mass is 9.81. The van der Waals surface area contributed by atoms with E-state index in [2.05, 4.69) is 52.1 Å². The molecule has 3 aliphatic rings. The lowest BCUT2D eigenvalue weighted by molar-refractivity contribution is 0.00589. The second-order valence-electron chi connectivity index (χ2n) is 8.41. The summed E-state index contributed by atoms with van der Waals surface area (Å²) in [6.45, 7) is 4.86. The van der Waals surface area contributed by atoms with Gasteiger partial charge in [-0.2, -0.15) is 0 Å². The van der Waals surface area contributed by atoms with Gasteiger partial charge in [-0.25, -0.2) is 0 Å². The summed E-state index contributed by atoms with van der Waals surface area (Å²) < 4.78 is 7.63. The molecule has 0 unspecified atom stereocenters. The van der Waals surface area contributed by atoms with E-state index in [0.717, 1.165) is 56.8 Å². The third-order valence-corrected chi connectivity index (χ3v) is 7.48. The number of pyridine rings is 1. The zero-order valence-corrected chi connectivity index (χ0v) is 17.3.